The van der Waals surface area contributed by atoms with Gasteiger partial charge in [-0.1, -0.05) is 48.2 Å². The number of H-pyrrole nitrogens is 1. The largest absolute Gasteiger partial charge is 0.493 e. The number of carbonyl (C=O) groups is 1. The third kappa shape index (κ3) is 5.37. The fourth-order valence-corrected chi connectivity index (χ4v) is 5.09. The van der Waals surface area contributed by atoms with Gasteiger partial charge < -0.3 is 19.8 Å². The first-order chi connectivity index (χ1) is 16.1. The number of nitrogens with zero attached hydrogens (tertiary/aromatic N) is 1. The van der Waals surface area contributed by atoms with Crippen LogP contribution in [0.1, 0.15) is 5.56 Å². The summed E-state index contributed by atoms with van der Waals surface area (Å²) in [7, 11) is 3.19. The lowest BCUT2D eigenvalue weighted by molar-refractivity contribution is -0.118. The number of fused-ring (bicyclic) bond motifs is 1. The number of thioether (sulfide) groups is 1. The van der Waals surface area contributed by atoms with E-state index in [4.69, 9.17) is 9.47 Å². The maximum Gasteiger partial charge on any atom is 0.260 e. The van der Waals surface area contributed by atoms with Crippen molar-refractivity contribution in [3.05, 3.63) is 69.8 Å². The minimum atomic E-state index is -0.198. The number of hydrogen-bond acceptors (Lipinski definition) is 7. The molecule has 33 heavy (non-hydrogen) atoms. The molecule has 2 heterocycles. The Hall–Kier alpha value is -3.30. The highest BCUT2D eigenvalue weighted by Gasteiger charge is 2.14. The summed E-state index contributed by atoms with van der Waals surface area (Å²) in [6.45, 7) is 0.489. The van der Waals surface area contributed by atoms with Gasteiger partial charge in [-0.25, -0.2) is 4.98 Å². The number of rotatable bonds is 9. The van der Waals surface area contributed by atoms with Crippen molar-refractivity contribution in [3.63, 3.8) is 0 Å². The maximum absolute atomic E-state index is 12.7. The van der Waals surface area contributed by atoms with Crippen molar-refractivity contribution < 1.29 is 14.3 Å². The predicted octanol–water partition coefficient (Wildman–Crippen LogP) is 4.12. The minimum Gasteiger partial charge on any atom is -0.493 e. The highest BCUT2D eigenvalue weighted by molar-refractivity contribution is 7.99. The average molecular weight is 482 g/mol. The van der Waals surface area contributed by atoms with Crippen LogP contribution in [0.5, 0.6) is 11.5 Å². The number of aromatic nitrogens is 2. The Morgan fingerprint density at radius 3 is 2.67 bits per heavy atom. The standard InChI is InChI=1S/C24H23N3O4S2/c1-30-18-9-8-15(12-19(18)31-2)10-11-25-20(28)14-33-24-26-22(29)21-17(13-32-23(21)27-24)16-6-4-3-5-7-16/h3-9,12-13H,10-11,14H2,1-2H3,(H,25,28)(H,26,27,29). The van der Waals surface area contributed by atoms with Crippen LogP contribution >= 0.6 is 23.1 Å². The third-order valence-electron chi connectivity index (χ3n) is 5.03. The van der Waals surface area contributed by atoms with Gasteiger partial charge in [0.05, 0.1) is 25.4 Å². The Bertz CT molecular complexity index is 1320. The van der Waals surface area contributed by atoms with E-state index in [-0.39, 0.29) is 17.2 Å². The first kappa shape index (κ1) is 22.9. The molecule has 0 spiro atoms. The molecule has 0 atom stereocenters. The summed E-state index contributed by atoms with van der Waals surface area (Å²) < 4.78 is 10.5. The Morgan fingerprint density at radius 1 is 1.12 bits per heavy atom. The molecule has 9 heteroatoms. The zero-order chi connectivity index (χ0) is 23.2. The summed E-state index contributed by atoms with van der Waals surface area (Å²) >= 11 is 2.64. The smallest absolute Gasteiger partial charge is 0.260 e. The Labute approximate surface area is 199 Å². The molecule has 0 aliphatic rings. The van der Waals surface area contributed by atoms with Crippen LogP contribution in [-0.4, -0.2) is 42.4 Å². The summed E-state index contributed by atoms with van der Waals surface area (Å²) in [6.07, 6.45) is 0.662. The second-order valence-corrected chi connectivity index (χ2v) is 8.97. The Morgan fingerprint density at radius 2 is 1.91 bits per heavy atom. The molecule has 2 N–H and O–H groups in total. The van der Waals surface area contributed by atoms with Gasteiger partial charge in [-0.05, 0) is 29.7 Å². The number of hydrogen-bond donors (Lipinski definition) is 2. The third-order valence-corrected chi connectivity index (χ3v) is 6.78. The number of nitrogens with one attached hydrogen (secondary N) is 2. The molecule has 0 aliphatic carbocycles. The number of benzene rings is 2. The lowest BCUT2D eigenvalue weighted by Crippen LogP contribution is -2.27. The molecule has 1 amide bonds. The van der Waals surface area contributed by atoms with Gasteiger partial charge in [-0.2, -0.15) is 0 Å². The first-order valence-corrected chi connectivity index (χ1v) is 12.1. The number of amides is 1. The van der Waals surface area contributed by atoms with Crippen LogP contribution in [0.2, 0.25) is 0 Å². The molecule has 0 radical (unpaired) electrons. The lowest BCUT2D eigenvalue weighted by Gasteiger charge is -2.10. The van der Waals surface area contributed by atoms with E-state index in [2.05, 4.69) is 15.3 Å². The molecule has 0 aliphatic heterocycles. The summed E-state index contributed by atoms with van der Waals surface area (Å²) in [4.78, 5) is 33.0. The molecule has 0 saturated heterocycles. The van der Waals surface area contributed by atoms with E-state index in [1.165, 1.54) is 23.1 Å². The van der Waals surface area contributed by atoms with Crippen molar-refractivity contribution in [2.45, 2.75) is 11.6 Å². The minimum absolute atomic E-state index is 0.126. The lowest BCUT2D eigenvalue weighted by atomic mass is 10.1. The normalized spacial score (nSPS) is 10.8. The van der Waals surface area contributed by atoms with Crippen molar-refractivity contribution in [1.82, 2.24) is 15.3 Å². The predicted molar refractivity (Wildman–Crippen MR) is 133 cm³/mol. The number of aromatic amines is 1. The van der Waals surface area contributed by atoms with Crippen molar-refractivity contribution >= 4 is 39.2 Å². The summed E-state index contributed by atoms with van der Waals surface area (Å²) in [5.74, 6) is 1.37. The second kappa shape index (κ2) is 10.5. The van der Waals surface area contributed by atoms with Crippen molar-refractivity contribution in [2.24, 2.45) is 0 Å². The molecule has 4 rings (SSSR count). The zero-order valence-electron chi connectivity index (χ0n) is 18.2. The maximum atomic E-state index is 12.7. The summed E-state index contributed by atoms with van der Waals surface area (Å²) in [5.41, 5.74) is 2.68. The number of thiophene rings is 1. The molecule has 2 aromatic heterocycles. The fourth-order valence-electron chi connectivity index (χ4n) is 3.40. The van der Waals surface area contributed by atoms with E-state index in [9.17, 15) is 9.59 Å². The quantitative estimate of drug-likeness (QED) is 0.276. The van der Waals surface area contributed by atoms with Crippen molar-refractivity contribution in [2.75, 3.05) is 26.5 Å². The highest BCUT2D eigenvalue weighted by Crippen LogP contribution is 2.31. The van der Waals surface area contributed by atoms with E-state index in [0.29, 0.717) is 39.8 Å². The van der Waals surface area contributed by atoms with E-state index < -0.39 is 0 Å². The molecule has 0 bridgehead atoms. The number of carbonyl (C=O) groups excluding carboxylic acids is 1. The average Bonchev–Trinajstić information content (AvgIpc) is 3.28. The van der Waals surface area contributed by atoms with Crippen LogP contribution < -0.4 is 20.3 Å². The Kier molecular flexibility index (Phi) is 7.31. The molecular formula is C24H23N3O4S2. The summed E-state index contributed by atoms with van der Waals surface area (Å²) in [5, 5.41) is 5.85. The van der Waals surface area contributed by atoms with Crippen LogP contribution in [0.4, 0.5) is 0 Å². The van der Waals surface area contributed by atoms with Gasteiger partial charge in [-0.15, -0.1) is 11.3 Å². The molecule has 2 aromatic carbocycles. The zero-order valence-corrected chi connectivity index (χ0v) is 19.8. The second-order valence-electron chi connectivity index (χ2n) is 7.14. The van der Waals surface area contributed by atoms with Crippen molar-refractivity contribution in [1.29, 1.82) is 0 Å². The highest BCUT2D eigenvalue weighted by atomic mass is 32.2. The van der Waals surface area contributed by atoms with E-state index in [1.807, 2.05) is 53.9 Å². The van der Waals surface area contributed by atoms with Crippen LogP contribution in [0, 0.1) is 0 Å². The molecule has 170 valence electrons. The SMILES string of the molecule is COc1ccc(CCNC(=O)CSc2nc3scc(-c4ccccc4)c3c(=O)[nH]2)cc1OC. The van der Waals surface area contributed by atoms with Gasteiger partial charge in [0.1, 0.15) is 4.83 Å². The van der Waals surface area contributed by atoms with E-state index in [0.717, 1.165) is 16.7 Å². The van der Waals surface area contributed by atoms with Crippen LogP contribution in [-0.2, 0) is 11.2 Å². The first-order valence-electron chi connectivity index (χ1n) is 10.3. The van der Waals surface area contributed by atoms with Gasteiger partial charge in [0, 0.05) is 17.5 Å². The van der Waals surface area contributed by atoms with Crippen molar-refractivity contribution in [3.8, 4) is 22.6 Å². The van der Waals surface area contributed by atoms with Gasteiger partial charge >= 0.3 is 0 Å². The number of methoxy groups -OCH3 is 2. The summed E-state index contributed by atoms with van der Waals surface area (Å²) in [6, 6.07) is 15.4. The van der Waals surface area contributed by atoms with Gasteiger partial charge in [0.2, 0.25) is 5.91 Å². The van der Waals surface area contributed by atoms with E-state index >= 15 is 0 Å². The molecule has 0 saturated carbocycles. The van der Waals surface area contributed by atoms with Crippen LogP contribution in [0.25, 0.3) is 21.3 Å². The fraction of sp³-hybridized carbons (Fsp3) is 0.208. The van der Waals surface area contributed by atoms with Gasteiger partial charge in [-0.3, -0.25) is 9.59 Å². The van der Waals surface area contributed by atoms with Gasteiger partial charge in [0.15, 0.2) is 16.7 Å². The Balaban J connectivity index is 1.34. The van der Waals surface area contributed by atoms with E-state index in [1.54, 1.807) is 14.2 Å². The monoisotopic (exact) mass is 481 g/mol. The number of ether oxygens (including phenoxy) is 2. The van der Waals surface area contributed by atoms with Gasteiger partial charge in [0.25, 0.3) is 5.56 Å². The molecule has 4 aromatic rings. The molecule has 0 unspecified atom stereocenters. The topological polar surface area (TPSA) is 93.3 Å². The van der Waals surface area contributed by atoms with Crippen LogP contribution in [0.3, 0.4) is 0 Å². The molecular weight excluding hydrogens is 458 g/mol. The van der Waals surface area contributed by atoms with Crippen LogP contribution in [0.15, 0.2) is 63.9 Å². The molecule has 7 nitrogen and oxygen atoms in total. The molecule has 0 fully saturated rings.